The van der Waals surface area contributed by atoms with Crippen LogP contribution in [-0.2, 0) is 6.54 Å². The summed E-state index contributed by atoms with van der Waals surface area (Å²) in [7, 11) is 1.73. The fraction of sp³-hybridized carbons (Fsp3) is 0.360. The molecule has 0 aliphatic carbocycles. The van der Waals surface area contributed by atoms with Crippen LogP contribution >= 0.6 is 23.7 Å². The third kappa shape index (κ3) is 4.58. The molecule has 1 fully saturated rings. The first kappa shape index (κ1) is 23.5. The first-order chi connectivity index (χ1) is 15.7. The highest BCUT2D eigenvalue weighted by Crippen LogP contribution is 2.33. The maximum absolute atomic E-state index is 13.0. The number of rotatable bonds is 7. The van der Waals surface area contributed by atoms with Gasteiger partial charge in [-0.25, -0.2) is 4.79 Å². The maximum atomic E-state index is 13.0. The van der Waals surface area contributed by atoms with E-state index < -0.39 is 0 Å². The Balaban J connectivity index is 0.00000259. The fourth-order valence-corrected chi connectivity index (χ4v) is 5.92. The SMILES string of the molecule is COc1ccccc1[C@H]1CCN(CCCCn2c(=O)[nH]c3c(sc4ccccc43)c2=O)C1.Cl. The first-order valence-corrected chi connectivity index (χ1v) is 12.0. The van der Waals surface area contributed by atoms with E-state index in [9.17, 15) is 9.59 Å². The molecule has 174 valence electrons. The van der Waals surface area contributed by atoms with Crippen LogP contribution in [0.4, 0.5) is 0 Å². The average Bonchev–Trinajstić information content (AvgIpc) is 3.43. The number of likely N-dealkylation sites (tertiary alicyclic amines) is 1. The lowest BCUT2D eigenvalue weighted by Gasteiger charge is -2.17. The molecule has 6 nitrogen and oxygen atoms in total. The summed E-state index contributed by atoms with van der Waals surface area (Å²) in [4.78, 5) is 31.0. The van der Waals surface area contributed by atoms with E-state index in [4.69, 9.17) is 4.74 Å². The van der Waals surface area contributed by atoms with Gasteiger partial charge in [0, 0.05) is 29.1 Å². The van der Waals surface area contributed by atoms with Crippen LogP contribution < -0.4 is 16.0 Å². The predicted molar refractivity (Wildman–Crippen MR) is 137 cm³/mol. The Labute approximate surface area is 202 Å². The Morgan fingerprint density at radius 1 is 1.06 bits per heavy atom. The van der Waals surface area contributed by atoms with Crippen molar-refractivity contribution in [3.63, 3.8) is 0 Å². The highest BCUT2D eigenvalue weighted by Gasteiger charge is 2.25. The lowest BCUT2D eigenvalue weighted by Crippen LogP contribution is -2.34. The number of unbranched alkanes of at least 4 members (excludes halogenated alkanes) is 1. The van der Waals surface area contributed by atoms with Crippen molar-refractivity contribution in [2.45, 2.75) is 31.7 Å². The number of hydrogen-bond acceptors (Lipinski definition) is 5. The van der Waals surface area contributed by atoms with Crippen molar-refractivity contribution >= 4 is 44.0 Å². The minimum absolute atomic E-state index is 0. The molecule has 5 rings (SSSR count). The molecule has 0 unspecified atom stereocenters. The number of nitrogens with zero attached hydrogens (tertiary/aromatic N) is 2. The van der Waals surface area contributed by atoms with E-state index in [0.717, 1.165) is 54.7 Å². The molecule has 1 aliphatic rings. The van der Waals surface area contributed by atoms with E-state index in [2.05, 4.69) is 22.0 Å². The maximum Gasteiger partial charge on any atom is 0.328 e. The van der Waals surface area contributed by atoms with Crippen LogP contribution in [0.15, 0.2) is 58.1 Å². The molecule has 1 atom stereocenters. The van der Waals surface area contributed by atoms with Crippen LogP contribution in [0.2, 0.25) is 0 Å². The van der Waals surface area contributed by atoms with Crippen molar-refractivity contribution in [3.8, 4) is 5.75 Å². The van der Waals surface area contributed by atoms with Gasteiger partial charge in [0.05, 0.1) is 12.6 Å². The van der Waals surface area contributed by atoms with E-state index >= 15 is 0 Å². The quantitative estimate of drug-likeness (QED) is 0.388. The molecular weight excluding hydrogens is 458 g/mol. The number of H-pyrrole nitrogens is 1. The van der Waals surface area contributed by atoms with Crippen LogP contribution in [0.3, 0.4) is 0 Å². The number of benzene rings is 2. The molecule has 8 heteroatoms. The summed E-state index contributed by atoms with van der Waals surface area (Å²) in [5.74, 6) is 1.46. The summed E-state index contributed by atoms with van der Waals surface area (Å²) >= 11 is 1.45. The number of thiophene rings is 1. The molecular formula is C25H28ClN3O3S. The molecule has 3 heterocycles. The number of nitrogens with one attached hydrogen (secondary N) is 1. The second kappa shape index (κ2) is 10.1. The van der Waals surface area contributed by atoms with Gasteiger partial charge in [-0.2, -0.15) is 0 Å². The van der Waals surface area contributed by atoms with Gasteiger partial charge in [0.2, 0.25) is 0 Å². The van der Waals surface area contributed by atoms with Crippen LogP contribution in [0.25, 0.3) is 20.3 Å². The van der Waals surface area contributed by atoms with Crippen molar-refractivity contribution in [2.24, 2.45) is 0 Å². The van der Waals surface area contributed by atoms with E-state index in [0.29, 0.717) is 22.7 Å². The van der Waals surface area contributed by atoms with Gasteiger partial charge >= 0.3 is 5.69 Å². The van der Waals surface area contributed by atoms with Crippen molar-refractivity contribution in [2.75, 3.05) is 26.7 Å². The Morgan fingerprint density at radius 2 is 1.82 bits per heavy atom. The third-order valence-corrected chi connectivity index (χ3v) is 7.63. The summed E-state index contributed by atoms with van der Waals surface area (Å²) in [6.45, 7) is 3.51. The van der Waals surface area contributed by atoms with Gasteiger partial charge in [-0.05, 0) is 50.0 Å². The van der Waals surface area contributed by atoms with E-state index in [-0.39, 0.29) is 23.7 Å². The number of para-hydroxylation sites is 1. The summed E-state index contributed by atoms with van der Waals surface area (Å²) in [6.07, 6.45) is 2.88. The van der Waals surface area contributed by atoms with E-state index in [1.807, 2.05) is 36.4 Å². The number of hydrogen-bond donors (Lipinski definition) is 1. The van der Waals surface area contributed by atoms with Crippen molar-refractivity contribution in [1.82, 2.24) is 14.5 Å². The van der Waals surface area contributed by atoms with Crippen molar-refractivity contribution in [1.29, 1.82) is 0 Å². The van der Waals surface area contributed by atoms with Gasteiger partial charge in [-0.3, -0.25) is 9.36 Å². The van der Waals surface area contributed by atoms with Crippen LogP contribution in [0, 0.1) is 0 Å². The second-order valence-corrected chi connectivity index (χ2v) is 9.48. The van der Waals surface area contributed by atoms with Crippen molar-refractivity contribution in [3.05, 3.63) is 74.9 Å². The molecule has 0 saturated carbocycles. The van der Waals surface area contributed by atoms with Gasteiger partial charge in [0.25, 0.3) is 5.56 Å². The highest BCUT2D eigenvalue weighted by molar-refractivity contribution is 7.25. The smallest absolute Gasteiger partial charge is 0.328 e. The highest BCUT2D eigenvalue weighted by atomic mass is 35.5. The van der Waals surface area contributed by atoms with Gasteiger partial charge in [0.1, 0.15) is 10.4 Å². The monoisotopic (exact) mass is 485 g/mol. The van der Waals surface area contributed by atoms with Gasteiger partial charge in [0.15, 0.2) is 0 Å². The standard InChI is InChI=1S/C25H27N3O3S.ClH/c1-31-20-10-4-2-8-18(20)17-12-15-27(16-17)13-6-7-14-28-24(29)23-22(26-25(28)30)19-9-3-5-11-21(19)32-23;/h2-5,8-11,17H,6-7,12-16H2,1H3,(H,26,30);1H/t17-;/m0./s1. The van der Waals surface area contributed by atoms with Crippen LogP contribution in [-0.4, -0.2) is 41.2 Å². The summed E-state index contributed by atoms with van der Waals surface area (Å²) in [6, 6.07) is 16.1. The number of ether oxygens (including phenoxy) is 1. The fourth-order valence-electron chi connectivity index (χ4n) is 4.81. The van der Waals surface area contributed by atoms with Gasteiger partial charge < -0.3 is 14.6 Å². The summed E-state index contributed by atoms with van der Waals surface area (Å²) < 4.78 is 8.54. The second-order valence-electron chi connectivity index (χ2n) is 8.42. The first-order valence-electron chi connectivity index (χ1n) is 11.2. The molecule has 2 aromatic heterocycles. The predicted octanol–water partition coefficient (Wildman–Crippen LogP) is 4.60. The number of aromatic amines is 1. The normalized spacial score (nSPS) is 16.3. The molecule has 1 N–H and O–H groups in total. The minimum Gasteiger partial charge on any atom is -0.496 e. The lowest BCUT2D eigenvalue weighted by atomic mass is 9.97. The molecule has 2 aromatic carbocycles. The zero-order chi connectivity index (χ0) is 22.1. The Bertz CT molecular complexity index is 1380. The number of fused-ring (bicyclic) bond motifs is 3. The lowest BCUT2D eigenvalue weighted by molar-refractivity contribution is 0.320. The van der Waals surface area contributed by atoms with E-state index in [1.165, 1.54) is 21.5 Å². The zero-order valence-corrected chi connectivity index (χ0v) is 20.2. The summed E-state index contributed by atoms with van der Waals surface area (Å²) in [5.41, 5.74) is 1.45. The summed E-state index contributed by atoms with van der Waals surface area (Å²) in [5, 5.41) is 0.937. The molecule has 0 radical (unpaired) electrons. The van der Waals surface area contributed by atoms with E-state index in [1.54, 1.807) is 7.11 Å². The average molecular weight is 486 g/mol. The Morgan fingerprint density at radius 3 is 2.67 bits per heavy atom. The molecule has 1 aliphatic heterocycles. The molecule has 1 saturated heterocycles. The molecule has 0 spiro atoms. The van der Waals surface area contributed by atoms with Crippen molar-refractivity contribution < 1.29 is 4.74 Å². The largest absolute Gasteiger partial charge is 0.496 e. The Hall–Kier alpha value is -2.61. The van der Waals surface area contributed by atoms with Crippen LogP contribution in [0.5, 0.6) is 5.75 Å². The molecule has 33 heavy (non-hydrogen) atoms. The molecule has 0 bridgehead atoms. The van der Waals surface area contributed by atoms with Gasteiger partial charge in [-0.1, -0.05) is 36.4 Å². The molecule has 0 amide bonds. The topological polar surface area (TPSA) is 67.3 Å². The zero-order valence-electron chi connectivity index (χ0n) is 18.6. The number of methoxy groups -OCH3 is 1. The number of aromatic nitrogens is 2. The Kier molecular flexibility index (Phi) is 7.22. The third-order valence-electron chi connectivity index (χ3n) is 6.47. The van der Waals surface area contributed by atoms with Gasteiger partial charge in [-0.15, -0.1) is 23.7 Å². The minimum atomic E-state index is -0.316. The number of halogens is 1. The molecule has 4 aromatic rings. The van der Waals surface area contributed by atoms with Crippen LogP contribution in [0.1, 0.15) is 30.7 Å².